The fourth-order valence-electron chi connectivity index (χ4n) is 2.41. The van der Waals surface area contributed by atoms with Crippen molar-refractivity contribution in [2.45, 2.75) is 37.3 Å². The lowest BCUT2D eigenvalue weighted by Gasteiger charge is -2.31. The summed E-state index contributed by atoms with van der Waals surface area (Å²) in [7, 11) is 0. The predicted molar refractivity (Wildman–Crippen MR) is 59.0 cm³/mol. The van der Waals surface area contributed by atoms with Crippen LogP contribution in [0.4, 0.5) is 0 Å². The topological polar surface area (TPSA) is 73.6 Å². The number of hydrogen-bond donors (Lipinski definition) is 2. The summed E-state index contributed by atoms with van der Waals surface area (Å²) in [5.74, 6) is -0.0768. The fourth-order valence-corrected chi connectivity index (χ4v) is 2.41. The monoisotopic (exact) mass is 228 g/mol. The van der Waals surface area contributed by atoms with Gasteiger partial charge in [-0.15, -0.1) is 0 Å². The minimum Gasteiger partial charge on any atom is -0.376 e. The summed E-state index contributed by atoms with van der Waals surface area (Å²) in [4.78, 5) is 11.9. The highest BCUT2D eigenvalue weighted by molar-refractivity contribution is 5.81. The van der Waals surface area contributed by atoms with E-state index in [4.69, 9.17) is 15.2 Å². The molecule has 1 saturated heterocycles. The molecule has 5 nitrogen and oxygen atoms in total. The molecule has 1 heterocycles. The fraction of sp³-hybridized carbons (Fsp3) is 0.909. The normalized spacial score (nSPS) is 28.9. The van der Waals surface area contributed by atoms with E-state index in [2.05, 4.69) is 5.32 Å². The number of carbonyl (C=O) groups is 1. The van der Waals surface area contributed by atoms with Crippen molar-refractivity contribution in [2.75, 3.05) is 26.4 Å². The van der Waals surface area contributed by atoms with Gasteiger partial charge in [-0.1, -0.05) is 12.8 Å². The Bertz CT molecular complexity index is 246. The van der Waals surface area contributed by atoms with Crippen molar-refractivity contribution in [1.29, 1.82) is 0 Å². The first-order valence-electron chi connectivity index (χ1n) is 5.97. The van der Waals surface area contributed by atoms with Crippen molar-refractivity contribution >= 4 is 5.91 Å². The van der Waals surface area contributed by atoms with Gasteiger partial charge in [0.05, 0.1) is 25.4 Å². The SMILES string of the molecule is NCC1(NC(=O)C2COCCO2)CCCC1. The summed E-state index contributed by atoms with van der Waals surface area (Å²) in [6, 6.07) is 0. The molecular weight excluding hydrogens is 208 g/mol. The van der Waals surface area contributed by atoms with Crippen LogP contribution in [0, 0.1) is 0 Å². The van der Waals surface area contributed by atoms with Crippen LogP contribution < -0.4 is 11.1 Å². The molecule has 16 heavy (non-hydrogen) atoms. The summed E-state index contributed by atoms with van der Waals surface area (Å²) in [5.41, 5.74) is 5.56. The maximum atomic E-state index is 11.9. The van der Waals surface area contributed by atoms with Crippen molar-refractivity contribution < 1.29 is 14.3 Å². The van der Waals surface area contributed by atoms with Gasteiger partial charge in [0.25, 0.3) is 5.91 Å². The van der Waals surface area contributed by atoms with E-state index in [1.54, 1.807) is 0 Å². The minimum atomic E-state index is -0.460. The van der Waals surface area contributed by atoms with E-state index in [1.165, 1.54) is 0 Å². The first kappa shape index (κ1) is 11.8. The Morgan fingerprint density at radius 1 is 1.38 bits per heavy atom. The van der Waals surface area contributed by atoms with E-state index in [0.29, 0.717) is 26.4 Å². The average Bonchev–Trinajstić information content (AvgIpc) is 2.79. The molecule has 0 aromatic rings. The lowest BCUT2D eigenvalue weighted by molar-refractivity contribution is -0.149. The molecule has 0 aromatic carbocycles. The number of nitrogens with two attached hydrogens (primary N) is 1. The van der Waals surface area contributed by atoms with Crippen molar-refractivity contribution in [3.8, 4) is 0 Å². The van der Waals surface area contributed by atoms with Crippen LogP contribution >= 0.6 is 0 Å². The van der Waals surface area contributed by atoms with Crippen LogP contribution in [-0.2, 0) is 14.3 Å². The third-order valence-electron chi connectivity index (χ3n) is 3.45. The van der Waals surface area contributed by atoms with Crippen LogP contribution in [0.3, 0.4) is 0 Å². The van der Waals surface area contributed by atoms with Gasteiger partial charge >= 0.3 is 0 Å². The molecule has 1 unspecified atom stereocenters. The second-order valence-corrected chi connectivity index (χ2v) is 4.62. The van der Waals surface area contributed by atoms with Gasteiger partial charge in [-0.25, -0.2) is 0 Å². The molecule has 1 aliphatic carbocycles. The highest BCUT2D eigenvalue weighted by Crippen LogP contribution is 2.28. The molecule has 1 aliphatic heterocycles. The number of ether oxygens (including phenoxy) is 2. The Labute approximate surface area is 95.7 Å². The smallest absolute Gasteiger partial charge is 0.252 e. The summed E-state index contributed by atoms with van der Waals surface area (Å²) in [5, 5.41) is 3.04. The Hall–Kier alpha value is -0.650. The molecule has 0 spiro atoms. The van der Waals surface area contributed by atoms with Crippen LogP contribution in [0.1, 0.15) is 25.7 Å². The van der Waals surface area contributed by atoms with E-state index >= 15 is 0 Å². The van der Waals surface area contributed by atoms with Crippen molar-refractivity contribution in [1.82, 2.24) is 5.32 Å². The molecule has 5 heteroatoms. The zero-order valence-electron chi connectivity index (χ0n) is 9.54. The lowest BCUT2D eigenvalue weighted by atomic mass is 9.97. The Morgan fingerprint density at radius 3 is 2.69 bits per heavy atom. The van der Waals surface area contributed by atoms with Gasteiger partial charge in [0.15, 0.2) is 6.10 Å². The Kier molecular flexibility index (Phi) is 3.78. The maximum Gasteiger partial charge on any atom is 0.252 e. The van der Waals surface area contributed by atoms with Gasteiger partial charge in [0.1, 0.15) is 0 Å². The standard InChI is InChI=1S/C11H20N2O3/c12-8-11(3-1-2-4-11)13-10(14)9-7-15-5-6-16-9/h9H,1-8,12H2,(H,13,14). The minimum absolute atomic E-state index is 0.0768. The molecule has 1 atom stereocenters. The maximum absolute atomic E-state index is 11.9. The first-order valence-corrected chi connectivity index (χ1v) is 5.97. The number of carbonyl (C=O) groups excluding carboxylic acids is 1. The third kappa shape index (κ3) is 2.53. The van der Waals surface area contributed by atoms with Crippen LogP contribution in [0.2, 0.25) is 0 Å². The van der Waals surface area contributed by atoms with Crippen molar-refractivity contribution in [3.63, 3.8) is 0 Å². The van der Waals surface area contributed by atoms with Gasteiger partial charge in [-0.05, 0) is 12.8 Å². The summed E-state index contributed by atoms with van der Waals surface area (Å²) >= 11 is 0. The largest absolute Gasteiger partial charge is 0.376 e. The highest BCUT2D eigenvalue weighted by atomic mass is 16.6. The van der Waals surface area contributed by atoms with Crippen molar-refractivity contribution in [2.24, 2.45) is 5.73 Å². The molecule has 1 saturated carbocycles. The predicted octanol–water partition coefficient (Wildman–Crippen LogP) is -0.211. The van der Waals surface area contributed by atoms with E-state index in [9.17, 15) is 4.79 Å². The summed E-state index contributed by atoms with van der Waals surface area (Å²) in [6.45, 7) is 1.93. The number of nitrogens with one attached hydrogen (secondary N) is 1. The van der Waals surface area contributed by atoms with Gasteiger partial charge in [-0.3, -0.25) is 4.79 Å². The molecule has 2 aliphatic rings. The highest BCUT2D eigenvalue weighted by Gasteiger charge is 2.36. The molecule has 0 bridgehead atoms. The number of rotatable bonds is 3. The van der Waals surface area contributed by atoms with Crippen LogP contribution in [0.15, 0.2) is 0 Å². The Morgan fingerprint density at radius 2 is 2.12 bits per heavy atom. The van der Waals surface area contributed by atoms with Gasteiger partial charge < -0.3 is 20.5 Å². The second-order valence-electron chi connectivity index (χ2n) is 4.62. The molecule has 2 rings (SSSR count). The summed E-state index contributed by atoms with van der Waals surface area (Å²) in [6.07, 6.45) is 3.77. The number of hydrogen-bond acceptors (Lipinski definition) is 4. The first-order chi connectivity index (χ1) is 7.76. The molecule has 92 valence electrons. The van der Waals surface area contributed by atoms with Crippen LogP contribution in [0.5, 0.6) is 0 Å². The molecule has 2 fully saturated rings. The van der Waals surface area contributed by atoms with E-state index in [0.717, 1.165) is 25.7 Å². The van der Waals surface area contributed by atoms with E-state index in [-0.39, 0.29) is 11.4 Å². The Balaban J connectivity index is 1.89. The lowest BCUT2D eigenvalue weighted by Crippen LogP contribution is -2.56. The van der Waals surface area contributed by atoms with E-state index in [1.807, 2.05) is 0 Å². The van der Waals surface area contributed by atoms with Gasteiger partial charge in [-0.2, -0.15) is 0 Å². The quantitative estimate of drug-likeness (QED) is 0.701. The second kappa shape index (κ2) is 5.12. The number of amides is 1. The summed E-state index contributed by atoms with van der Waals surface area (Å²) < 4.78 is 10.6. The zero-order valence-corrected chi connectivity index (χ0v) is 9.54. The van der Waals surface area contributed by atoms with Gasteiger partial charge in [0, 0.05) is 6.54 Å². The molecule has 1 amide bonds. The zero-order chi connectivity index (χ0) is 11.4. The van der Waals surface area contributed by atoms with Gasteiger partial charge in [0.2, 0.25) is 0 Å². The average molecular weight is 228 g/mol. The molecule has 0 radical (unpaired) electrons. The molecule has 0 aromatic heterocycles. The molecular formula is C11H20N2O3. The van der Waals surface area contributed by atoms with Crippen LogP contribution in [-0.4, -0.2) is 43.9 Å². The van der Waals surface area contributed by atoms with Crippen LogP contribution in [0.25, 0.3) is 0 Å². The molecule has 3 N–H and O–H groups in total. The third-order valence-corrected chi connectivity index (χ3v) is 3.45. The van der Waals surface area contributed by atoms with Crippen molar-refractivity contribution in [3.05, 3.63) is 0 Å². The van der Waals surface area contributed by atoms with E-state index < -0.39 is 6.10 Å².